The van der Waals surface area contributed by atoms with Gasteiger partial charge in [0.1, 0.15) is 11.8 Å². The largest absolute Gasteiger partial charge is 0.455 e. The number of fused-ring (bicyclic) bond motifs is 1. The summed E-state index contributed by atoms with van der Waals surface area (Å²) in [6.07, 6.45) is -1.10. The summed E-state index contributed by atoms with van der Waals surface area (Å²) >= 11 is 6.37. The number of hydrogen-bond donors (Lipinski definition) is 2. The molecule has 1 aliphatic heterocycles. The van der Waals surface area contributed by atoms with Gasteiger partial charge in [-0.2, -0.15) is 9.97 Å². The molecule has 3 unspecified atom stereocenters. The van der Waals surface area contributed by atoms with Gasteiger partial charge in [0.05, 0.1) is 6.54 Å². The van der Waals surface area contributed by atoms with Crippen LogP contribution >= 0.6 is 11.6 Å². The third-order valence-corrected chi connectivity index (χ3v) is 5.25. The lowest BCUT2D eigenvalue weighted by Gasteiger charge is -2.44. The number of nitrogens with zero attached hydrogens (tertiary/aromatic N) is 4. The lowest BCUT2D eigenvalue weighted by Crippen LogP contribution is -2.62. The maximum Gasteiger partial charge on any atom is 0.303 e. The molecule has 15 nitrogen and oxygen atoms in total. The van der Waals surface area contributed by atoms with E-state index in [1.807, 2.05) is 0 Å². The van der Waals surface area contributed by atoms with E-state index in [2.05, 4.69) is 31.5 Å². The number of imidazole rings is 1. The lowest BCUT2D eigenvalue weighted by molar-refractivity contribution is -0.258. The van der Waals surface area contributed by atoms with Gasteiger partial charge in [-0.05, 0) is 0 Å². The Hall–Kier alpha value is -4.29. The van der Waals surface area contributed by atoms with E-state index in [9.17, 15) is 24.0 Å². The number of carbonyl (C=O) groups excluding carboxylic acids is 5. The Morgan fingerprint density at radius 2 is 1.63 bits per heavy atom. The fourth-order valence-corrected chi connectivity index (χ4v) is 4.03. The molecule has 38 heavy (non-hydrogen) atoms. The first-order valence-corrected chi connectivity index (χ1v) is 11.4. The average molecular weight is 551 g/mol. The van der Waals surface area contributed by atoms with E-state index in [0.29, 0.717) is 0 Å². The molecular formula is C22H23ClN6O9. The van der Waals surface area contributed by atoms with Crippen LogP contribution in [0.25, 0.3) is 11.2 Å². The minimum atomic E-state index is -1.59. The maximum atomic E-state index is 13.0. The summed E-state index contributed by atoms with van der Waals surface area (Å²) in [5.41, 5.74) is 0.0802. The zero-order valence-electron chi connectivity index (χ0n) is 20.6. The Balaban J connectivity index is 2.19. The van der Waals surface area contributed by atoms with E-state index in [1.54, 1.807) is 0 Å². The van der Waals surface area contributed by atoms with Gasteiger partial charge >= 0.3 is 17.9 Å². The number of amides is 2. The van der Waals surface area contributed by atoms with E-state index in [0.717, 1.165) is 20.8 Å². The molecule has 3 rings (SSSR count). The molecule has 1 fully saturated rings. The molecule has 2 amide bonds. The van der Waals surface area contributed by atoms with Crippen molar-refractivity contribution in [3.8, 4) is 12.3 Å². The summed E-state index contributed by atoms with van der Waals surface area (Å²) in [4.78, 5) is 72.7. The quantitative estimate of drug-likeness (QED) is 0.201. The molecule has 1 aliphatic rings. The highest BCUT2D eigenvalue weighted by Gasteiger charge is 2.55. The number of aromatic nitrogens is 4. The highest BCUT2D eigenvalue weighted by molar-refractivity contribution is 6.33. The zero-order valence-corrected chi connectivity index (χ0v) is 21.3. The molecule has 0 aliphatic carbocycles. The van der Waals surface area contributed by atoms with E-state index in [1.165, 1.54) is 17.8 Å². The van der Waals surface area contributed by atoms with E-state index in [4.69, 9.17) is 37.0 Å². The summed E-state index contributed by atoms with van der Waals surface area (Å²) in [5, 5.41) is 4.62. The number of rotatable bonds is 7. The van der Waals surface area contributed by atoms with E-state index < -0.39 is 60.4 Å². The minimum Gasteiger partial charge on any atom is -0.455 e. The van der Waals surface area contributed by atoms with Gasteiger partial charge in [0.25, 0.3) is 5.91 Å². The van der Waals surface area contributed by atoms with Crippen molar-refractivity contribution in [1.29, 1.82) is 0 Å². The Kier molecular flexibility index (Phi) is 8.81. The van der Waals surface area contributed by atoms with Crippen LogP contribution in [-0.4, -0.2) is 80.2 Å². The van der Waals surface area contributed by atoms with Crippen molar-refractivity contribution in [2.24, 2.45) is 0 Å². The van der Waals surface area contributed by atoms with Gasteiger partial charge in [0, 0.05) is 27.7 Å². The van der Waals surface area contributed by atoms with Crippen molar-refractivity contribution in [3.05, 3.63) is 11.5 Å². The zero-order chi connectivity index (χ0) is 28.1. The van der Waals surface area contributed by atoms with Crippen molar-refractivity contribution in [2.75, 3.05) is 11.9 Å². The van der Waals surface area contributed by atoms with Crippen LogP contribution in [0.5, 0.6) is 0 Å². The molecule has 0 spiro atoms. The van der Waals surface area contributed by atoms with Crippen LogP contribution < -0.4 is 10.6 Å². The van der Waals surface area contributed by atoms with Gasteiger partial charge in [-0.3, -0.25) is 33.9 Å². The molecule has 16 heteroatoms. The number of anilines is 1. The van der Waals surface area contributed by atoms with Crippen molar-refractivity contribution >= 4 is 58.4 Å². The summed E-state index contributed by atoms with van der Waals surface area (Å²) < 4.78 is 23.4. The Bertz CT molecular complexity index is 1320. The average Bonchev–Trinajstić information content (AvgIpc) is 3.22. The van der Waals surface area contributed by atoms with Crippen molar-refractivity contribution in [1.82, 2.24) is 24.8 Å². The Morgan fingerprint density at radius 3 is 2.21 bits per heavy atom. The number of hydrogen-bond acceptors (Lipinski definition) is 12. The number of ether oxygens (including phenoxy) is 4. The van der Waals surface area contributed by atoms with Gasteiger partial charge in [-0.1, -0.05) is 17.5 Å². The van der Waals surface area contributed by atoms with E-state index >= 15 is 0 Å². The molecule has 0 saturated carbocycles. The van der Waals surface area contributed by atoms with Crippen LogP contribution in [0.15, 0.2) is 6.33 Å². The third kappa shape index (κ3) is 6.33. The number of nitrogens with one attached hydrogen (secondary N) is 2. The first-order valence-electron chi connectivity index (χ1n) is 11.0. The number of terminal acetylenes is 1. The number of carbonyl (C=O) groups is 5. The second-order valence-corrected chi connectivity index (χ2v) is 8.29. The van der Waals surface area contributed by atoms with Crippen molar-refractivity contribution in [3.63, 3.8) is 0 Å². The molecule has 1 saturated heterocycles. The first-order chi connectivity index (χ1) is 17.9. The van der Waals surface area contributed by atoms with Crippen LogP contribution in [0.1, 0.15) is 33.9 Å². The summed E-state index contributed by atoms with van der Waals surface area (Å²) in [5.74, 6) is -1.62. The van der Waals surface area contributed by atoms with Crippen LogP contribution in [0.3, 0.4) is 0 Å². The monoisotopic (exact) mass is 550 g/mol. The van der Waals surface area contributed by atoms with Gasteiger partial charge in [-0.25, -0.2) is 4.98 Å². The smallest absolute Gasteiger partial charge is 0.303 e. The maximum absolute atomic E-state index is 13.0. The lowest BCUT2D eigenvalue weighted by atomic mass is 9.96. The summed E-state index contributed by atoms with van der Waals surface area (Å²) in [6, 6.07) is 0. The molecule has 202 valence electrons. The van der Waals surface area contributed by atoms with Gasteiger partial charge in [0.2, 0.25) is 11.9 Å². The third-order valence-electron chi connectivity index (χ3n) is 4.99. The van der Waals surface area contributed by atoms with Gasteiger partial charge < -0.3 is 24.3 Å². The molecule has 2 N–H and O–H groups in total. The second kappa shape index (κ2) is 11.8. The molecule has 2 aromatic heterocycles. The molecule has 0 bridgehead atoms. The van der Waals surface area contributed by atoms with Crippen LogP contribution in [-0.2, 0) is 42.9 Å². The number of esters is 3. The fourth-order valence-electron chi connectivity index (χ4n) is 3.77. The van der Waals surface area contributed by atoms with Gasteiger partial charge in [0.15, 0.2) is 41.4 Å². The standard InChI is InChI=1S/C22H23ClN6O9/c1-6-7-24-20(34)16-14(35-10(3)31)15(36-11(4)32)17(37-12(5)33)21(38-16)29-8-25-19-13(29)18(23)27-22(28-19)26-9(2)30/h1,8,14-17,21H,7H2,2-5H3,(H,24,34)(H,26,27,28,30)/t14-,15?,16?,17?,21+/m0/s1. The predicted molar refractivity (Wildman–Crippen MR) is 127 cm³/mol. The SMILES string of the molecule is C#CCNC(=O)C1O[C@@H](n2cnc3nc(NC(C)=O)nc(Cl)c32)C(OC(C)=O)C(OC(C)=O)[C@@H]1OC(C)=O. The molecule has 0 aromatic carbocycles. The highest BCUT2D eigenvalue weighted by atomic mass is 35.5. The molecule has 2 aromatic rings. The molecular weight excluding hydrogens is 528 g/mol. The van der Waals surface area contributed by atoms with Crippen LogP contribution in [0.4, 0.5) is 5.95 Å². The van der Waals surface area contributed by atoms with Crippen LogP contribution in [0.2, 0.25) is 5.15 Å². The first kappa shape index (κ1) is 28.3. The van der Waals surface area contributed by atoms with Crippen molar-refractivity contribution in [2.45, 2.75) is 58.3 Å². The highest BCUT2D eigenvalue weighted by Crippen LogP contribution is 2.37. The topological polar surface area (TPSA) is 190 Å². The second-order valence-electron chi connectivity index (χ2n) is 7.93. The summed E-state index contributed by atoms with van der Waals surface area (Å²) in [6.45, 7) is 4.30. The van der Waals surface area contributed by atoms with Crippen molar-refractivity contribution < 1.29 is 42.9 Å². The summed E-state index contributed by atoms with van der Waals surface area (Å²) in [7, 11) is 0. The fraction of sp³-hybridized carbons (Fsp3) is 0.455. The molecule has 3 heterocycles. The Labute approximate surface area is 220 Å². The minimum absolute atomic E-state index is 0.0124. The molecule has 5 atom stereocenters. The predicted octanol–water partition coefficient (Wildman–Crippen LogP) is -0.120. The molecule has 0 radical (unpaired) electrons. The van der Waals surface area contributed by atoms with E-state index in [-0.39, 0.29) is 28.8 Å². The number of halogens is 1. The van der Waals surface area contributed by atoms with Gasteiger partial charge in [-0.15, -0.1) is 6.42 Å². The van der Waals surface area contributed by atoms with Crippen LogP contribution in [0, 0.1) is 12.3 Å². The Morgan fingerprint density at radius 1 is 1.03 bits per heavy atom. The normalized spacial score (nSPS) is 22.6.